The van der Waals surface area contributed by atoms with Crippen LogP contribution < -0.4 is 0 Å². The van der Waals surface area contributed by atoms with Crippen LogP contribution in [0.1, 0.15) is 65.1 Å². The Labute approximate surface area is 172 Å². The first kappa shape index (κ1) is 20.3. The fraction of sp³-hybridized carbons (Fsp3) is 0.542. The minimum absolute atomic E-state index is 0.0282. The average Bonchev–Trinajstić information content (AvgIpc) is 3.10. The molecule has 0 radical (unpaired) electrons. The van der Waals surface area contributed by atoms with E-state index in [1.54, 1.807) is 12.1 Å². The summed E-state index contributed by atoms with van der Waals surface area (Å²) in [5, 5.41) is 16.1. The molecule has 2 aromatic rings. The van der Waals surface area contributed by atoms with E-state index in [4.69, 9.17) is 4.74 Å². The summed E-state index contributed by atoms with van der Waals surface area (Å²) in [6.07, 6.45) is 6.92. The highest BCUT2D eigenvalue weighted by Gasteiger charge is 2.57. The highest BCUT2D eigenvalue weighted by atomic mass is 19.1. The van der Waals surface area contributed by atoms with Gasteiger partial charge in [0.05, 0.1) is 23.7 Å². The van der Waals surface area contributed by atoms with Crippen LogP contribution in [0.15, 0.2) is 36.0 Å². The van der Waals surface area contributed by atoms with Crippen LogP contribution in [0.4, 0.5) is 4.39 Å². The topological polar surface area (TPSA) is 47.3 Å². The number of benzene rings is 1. The Bertz CT molecular complexity index is 941. The molecule has 0 aliphatic heterocycles. The van der Waals surface area contributed by atoms with Gasteiger partial charge < -0.3 is 9.84 Å². The average molecular weight is 399 g/mol. The van der Waals surface area contributed by atoms with Gasteiger partial charge in [0.25, 0.3) is 0 Å². The van der Waals surface area contributed by atoms with E-state index in [0.717, 1.165) is 29.8 Å². The maximum atomic E-state index is 13.3. The van der Waals surface area contributed by atoms with Gasteiger partial charge in [-0.05, 0) is 67.5 Å². The molecule has 2 aliphatic carbocycles. The van der Waals surface area contributed by atoms with Gasteiger partial charge in [0, 0.05) is 11.8 Å². The van der Waals surface area contributed by atoms with Crippen LogP contribution in [0.2, 0.25) is 0 Å². The lowest BCUT2D eigenvalue weighted by Crippen LogP contribution is -2.49. The van der Waals surface area contributed by atoms with Crippen molar-refractivity contribution in [3.05, 3.63) is 53.1 Å². The van der Waals surface area contributed by atoms with E-state index in [-0.39, 0.29) is 17.3 Å². The number of halogens is 1. The number of hydrogen-bond donors (Lipinski definition) is 1. The van der Waals surface area contributed by atoms with Gasteiger partial charge in [0.2, 0.25) is 0 Å². The molecular formula is C24H31FN2O2. The van der Waals surface area contributed by atoms with Gasteiger partial charge in [-0.1, -0.05) is 33.3 Å². The lowest BCUT2D eigenvalue weighted by Gasteiger charge is -2.43. The minimum Gasteiger partial charge on any atom is -0.365 e. The van der Waals surface area contributed by atoms with E-state index >= 15 is 0 Å². The van der Waals surface area contributed by atoms with E-state index in [1.165, 1.54) is 17.7 Å². The third kappa shape index (κ3) is 3.55. The second kappa shape index (κ2) is 6.78. The summed E-state index contributed by atoms with van der Waals surface area (Å²) in [5.41, 5.74) is 3.78. The van der Waals surface area contributed by atoms with Gasteiger partial charge >= 0.3 is 0 Å². The number of aromatic nitrogens is 2. The van der Waals surface area contributed by atoms with E-state index in [9.17, 15) is 9.50 Å². The number of ether oxygens (including phenoxy) is 1. The van der Waals surface area contributed by atoms with Crippen molar-refractivity contribution in [2.75, 3.05) is 0 Å². The molecule has 156 valence electrons. The quantitative estimate of drug-likeness (QED) is 0.713. The third-order valence-electron chi connectivity index (χ3n) is 6.41. The van der Waals surface area contributed by atoms with E-state index in [0.29, 0.717) is 12.8 Å². The molecule has 1 fully saturated rings. The van der Waals surface area contributed by atoms with Gasteiger partial charge in [-0.25, -0.2) is 9.07 Å². The Balaban J connectivity index is 1.64. The van der Waals surface area contributed by atoms with Gasteiger partial charge in [0.15, 0.2) is 5.79 Å². The second-order valence-electron chi connectivity index (χ2n) is 10.1. The molecule has 0 saturated heterocycles. The maximum Gasteiger partial charge on any atom is 0.175 e. The van der Waals surface area contributed by atoms with Crippen LogP contribution in [0, 0.1) is 16.6 Å². The molecule has 2 aliphatic rings. The fourth-order valence-corrected chi connectivity index (χ4v) is 5.03. The van der Waals surface area contributed by atoms with Crippen LogP contribution in [0.25, 0.3) is 11.8 Å². The van der Waals surface area contributed by atoms with E-state index in [1.807, 2.05) is 10.9 Å². The van der Waals surface area contributed by atoms with Crippen molar-refractivity contribution in [1.29, 1.82) is 0 Å². The largest absolute Gasteiger partial charge is 0.365 e. The molecule has 1 N–H and O–H groups in total. The van der Waals surface area contributed by atoms with Crippen LogP contribution >= 0.6 is 0 Å². The fourth-order valence-electron chi connectivity index (χ4n) is 5.03. The van der Waals surface area contributed by atoms with E-state index < -0.39 is 11.2 Å². The van der Waals surface area contributed by atoms with Crippen molar-refractivity contribution in [1.82, 2.24) is 9.78 Å². The Kier molecular flexibility index (Phi) is 4.74. The zero-order chi connectivity index (χ0) is 21.0. The normalized spacial score (nSPS) is 27.3. The summed E-state index contributed by atoms with van der Waals surface area (Å²) in [7, 11) is 0. The molecule has 1 unspecified atom stereocenters. The summed E-state index contributed by atoms with van der Waals surface area (Å²) in [6, 6.07) is 6.36. The van der Waals surface area contributed by atoms with Crippen LogP contribution in [-0.2, 0) is 11.2 Å². The lowest BCUT2D eigenvalue weighted by atomic mass is 9.72. The second-order valence-corrected chi connectivity index (χ2v) is 10.1. The summed E-state index contributed by atoms with van der Waals surface area (Å²) in [4.78, 5) is 0. The first-order valence-corrected chi connectivity index (χ1v) is 10.4. The predicted octanol–water partition coefficient (Wildman–Crippen LogP) is 5.28. The molecule has 4 rings (SSSR count). The van der Waals surface area contributed by atoms with Crippen molar-refractivity contribution < 1.29 is 14.2 Å². The molecule has 0 bridgehead atoms. The van der Waals surface area contributed by atoms with Gasteiger partial charge in [-0.2, -0.15) is 5.10 Å². The van der Waals surface area contributed by atoms with Gasteiger partial charge in [0.1, 0.15) is 5.82 Å². The van der Waals surface area contributed by atoms with Crippen LogP contribution in [0.5, 0.6) is 0 Å². The van der Waals surface area contributed by atoms with Crippen molar-refractivity contribution in [2.24, 2.45) is 10.8 Å². The molecule has 4 nitrogen and oxygen atoms in total. The SMILES string of the molecule is C[C@H](CC(C)(C)C)OC1(O)CCC2=Cc3c(cnn3-c3ccc(F)cc3)C[C@@]21C. The molecule has 1 aromatic carbocycles. The highest BCUT2D eigenvalue weighted by Crippen LogP contribution is 2.56. The number of aliphatic hydroxyl groups is 1. The van der Waals surface area contributed by atoms with Crippen molar-refractivity contribution in [3.63, 3.8) is 0 Å². The lowest BCUT2D eigenvalue weighted by molar-refractivity contribution is -0.271. The maximum absolute atomic E-state index is 13.3. The van der Waals surface area contributed by atoms with Crippen molar-refractivity contribution in [3.8, 4) is 5.69 Å². The molecule has 3 atom stereocenters. The Morgan fingerprint density at radius 3 is 2.62 bits per heavy atom. The smallest absolute Gasteiger partial charge is 0.175 e. The molecule has 1 heterocycles. The molecule has 1 saturated carbocycles. The zero-order valence-electron chi connectivity index (χ0n) is 18.0. The van der Waals surface area contributed by atoms with Gasteiger partial charge in [-0.15, -0.1) is 0 Å². The van der Waals surface area contributed by atoms with Crippen LogP contribution in [-0.4, -0.2) is 26.8 Å². The summed E-state index contributed by atoms with van der Waals surface area (Å²) < 4.78 is 21.5. The van der Waals surface area contributed by atoms with Crippen molar-refractivity contribution in [2.45, 2.75) is 72.2 Å². The van der Waals surface area contributed by atoms with E-state index in [2.05, 4.69) is 45.8 Å². The summed E-state index contributed by atoms with van der Waals surface area (Å²) >= 11 is 0. The van der Waals surface area contributed by atoms with Crippen LogP contribution in [0.3, 0.4) is 0 Å². The number of nitrogens with zero attached hydrogens (tertiary/aromatic N) is 2. The molecule has 1 aromatic heterocycles. The predicted molar refractivity (Wildman–Crippen MR) is 112 cm³/mol. The summed E-state index contributed by atoms with van der Waals surface area (Å²) in [6.45, 7) is 10.7. The molecule has 0 spiro atoms. The third-order valence-corrected chi connectivity index (χ3v) is 6.41. The highest BCUT2D eigenvalue weighted by molar-refractivity contribution is 5.62. The zero-order valence-corrected chi connectivity index (χ0v) is 18.0. The minimum atomic E-state index is -1.18. The standard InChI is InChI=1S/C24H31FN2O2/c1-16(13-22(2,3)4)29-24(28)11-10-18-12-21-17(14-23(18,24)5)15-26-27(21)20-8-6-19(25)7-9-20/h6-9,12,15-16,28H,10-11,13-14H2,1-5H3/t16-,23+,24?/m1/s1. The summed E-state index contributed by atoms with van der Waals surface area (Å²) in [5.74, 6) is -1.44. The molecule has 5 heteroatoms. The Morgan fingerprint density at radius 1 is 1.28 bits per heavy atom. The molecular weight excluding hydrogens is 367 g/mol. The van der Waals surface area contributed by atoms with Crippen molar-refractivity contribution >= 4 is 6.08 Å². The number of hydrogen-bond acceptors (Lipinski definition) is 3. The molecule has 29 heavy (non-hydrogen) atoms. The number of fused-ring (bicyclic) bond motifs is 2. The first-order valence-electron chi connectivity index (χ1n) is 10.4. The van der Waals surface area contributed by atoms with Gasteiger partial charge in [-0.3, -0.25) is 0 Å². The molecule has 0 amide bonds. The number of rotatable bonds is 4. The monoisotopic (exact) mass is 398 g/mol. The first-order chi connectivity index (χ1) is 13.5. The Morgan fingerprint density at radius 2 is 1.97 bits per heavy atom. The Hall–Kier alpha value is -1.98.